The van der Waals surface area contributed by atoms with Crippen molar-refractivity contribution in [1.82, 2.24) is 5.32 Å². The molecule has 2 unspecified atom stereocenters. The zero-order chi connectivity index (χ0) is 13.3. The maximum absolute atomic E-state index is 9.47. The first-order valence-electron chi connectivity index (χ1n) is 7.53. The van der Waals surface area contributed by atoms with E-state index in [0.717, 1.165) is 13.0 Å². The van der Waals surface area contributed by atoms with Crippen LogP contribution in [0.1, 0.15) is 58.8 Å². The molecule has 0 aromatic carbocycles. The highest BCUT2D eigenvalue weighted by Gasteiger charge is 2.41. The minimum absolute atomic E-state index is 0.210. The largest absolute Gasteiger partial charge is 0.299 e. The molecule has 0 aromatic heterocycles. The predicted octanol–water partition coefficient (Wildman–Crippen LogP) is 3.97. The van der Waals surface area contributed by atoms with Crippen LogP contribution in [0.4, 0.5) is 0 Å². The summed E-state index contributed by atoms with van der Waals surface area (Å²) in [4.78, 5) is 0. The van der Waals surface area contributed by atoms with Gasteiger partial charge in [0, 0.05) is 0 Å². The fourth-order valence-corrected chi connectivity index (χ4v) is 4.05. The van der Waals surface area contributed by atoms with Gasteiger partial charge in [-0.05, 0) is 49.7 Å². The molecule has 2 atom stereocenters. The van der Waals surface area contributed by atoms with E-state index >= 15 is 0 Å². The van der Waals surface area contributed by atoms with Crippen molar-refractivity contribution in [1.29, 1.82) is 5.26 Å². The van der Waals surface area contributed by atoms with Crippen LogP contribution in [-0.4, -0.2) is 23.6 Å². The summed E-state index contributed by atoms with van der Waals surface area (Å²) in [6.45, 7) is 5.27. The Labute approximate surface area is 117 Å². The first kappa shape index (κ1) is 15.9. The highest BCUT2D eigenvalue weighted by molar-refractivity contribution is 7.99. The average molecular weight is 268 g/mol. The van der Waals surface area contributed by atoms with Crippen LogP contribution in [0.15, 0.2) is 0 Å². The van der Waals surface area contributed by atoms with E-state index in [1.807, 2.05) is 0 Å². The number of nitrogens with one attached hydrogen (secondary N) is 1. The minimum atomic E-state index is -0.210. The molecule has 1 rings (SSSR count). The van der Waals surface area contributed by atoms with E-state index < -0.39 is 0 Å². The van der Waals surface area contributed by atoms with E-state index in [1.54, 1.807) is 0 Å². The molecule has 0 amide bonds. The maximum atomic E-state index is 9.47. The van der Waals surface area contributed by atoms with Gasteiger partial charge in [0.2, 0.25) is 0 Å². The molecule has 0 aliphatic heterocycles. The summed E-state index contributed by atoms with van der Waals surface area (Å²) in [7, 11) is 0. The summed E-state index contributed by atoms with van der Waals surface area (Å²) in [5.41, 5.74) is -0.210. The molecule has 1 N–H and O–H groups in total. The van der Waals surface area contributed by atoms with Gasteiger partial charge in [-0.2, -0.15) is 17.0 Å². The second kappa shape index (κ2) is 8.82. The van der Waals surface area contributed by atoms with Crippen LogP contribution in [0, 0.1) is 17.2 Å². The van der Waals surface area contributed by atoms with Gasteiger partial charge in [-0.25, -0.2) is 0 Å². The Balaban J connectivity index is 2.26. The van der Waals surface area contributed by atoms with Crippen LogP contribution in [0.3, 0.4) is 0 Å². The fraction of sp³-hybridized carbons (Fsp3) is 0.933. The van der Waals surface area contributed by atoms with Crippen molar-refractivity contribution in [2.24, 2.45) is 5.92 Å². The summed E-state index contributed by atoms with van der Waals surface area (Å²) in [5.74, 6) is 3.09. The standard InChI is InChI=1S/C15H28N2S/c1-3-5-6-11-18-12-9-14-8-7-10-15(14,13-16)17-4-2/h14,17H,3-12H2,1-2H3. The number of nitriles is 1. The van der Waals surface area contributed by atoms with Crippen LogP contribution in [0.25, 0.3) is 0 Å². The lowest BCUT2D eigenvalue weighted by molar-refractivity contribution is 0.317. The Bertz CT molecular complexity index is 262. The van der Waals surface area contributed by atoms with Gasteiger partial charge in [0.1, 0.15) is 5.54 Å². The number of unbranched alkanes of at least 4 members (excludes halogenated alkanes) is 2. The number of rotatable bonds is 9. The molecule has 18 heavy (non-hydrogen) atoms. The van der Waals surface area contributed by atoms with Crippen LogP contribution in [-0.2, 0) is 0 Å². The van der Waals surface area contributed by atoms with Crippen molar-refractivity contribution < 1.29 is 0 Å². The third kappa shape index (κ3) is 4.48. The molecule has 0 radical (unpaired) electrons. The van der Waals surface area contributed by atoms with Crippen molar-refractivity contribution in [3.63, 3.8) is 0 Å². The maximum Gasteiger partial charge on any atom is 0.109 e. The van der Waals surface area contributed by atoms with Gasteiger partial charge >= 0.3 is 0 Å². The van der Waals surface area contributed by atoms with E-state index in [9.17, 15) is 5.26 Å². The van der Waals surface area contributed by atoms with Gasteiger partial charge in [-0.3, -0.25) is 5.32 Å². The topological polar surface area (TPSA) is 35.8 Å². The van der Waals surface area contributed by atoms with E-state index in [-0.39, 0.29) is 5.54 Å². The van der Waals surface area contributed by atoms with Gasteiger partial charge in [-0.1, -0.05) is 33.1 Å². The van der Waals surface area contributed by atoms with Crippen LogP contribution in [0.2, 0.25) is 0 Å². The lowest BCUT2D eigenvalue weighted by atomic mass is 9.86. The van der Waals surface area contributed by atoms with Gasteiger partial charge in [0.25, 0.3) is 0 Å². The Kier molecular flexibility index (Phi) is 7.77. The quantitative estimate of drug-likeness (QED) is 0.643. The first-order chi connectivity index (χ1) is 8.79. The highest BCUT2D eigenvalue weighted by atomic mass is 32.2. The molecule has 0 spiro atoms. The van der Waals surface area contributed by atoms with Crippen molar-refractivity contribution in [3.8, 4) is 6.07 Å². The fourth-order valence-electron chi connectivity index (χ4n) is 2.99. The first-order valence-corrected chi connectivity index (χ1v) is 8.68. The normalized spacial score (nSPS) is 27.3. The zero-order valence-corrected chi connectivity index (χ0v) is 12.8. The minimum Gasteiger partial charge on any atom is -0.299 e. The Morgan fingerprint density at radius 3 is 2.83 bits per heavy atom. The number of nitrogens with zero attached hydrogens (tertiary/aromatic N) is 1. The highest BCUT2D eigenvalue weighted by Crippen LogP contribution is 2.38. The molecule has 0 saturated heterocycles. The van der Waals surface area contributed by atoms with E-state index in [2.05, 4.69) is 37.0 Å². The summed E-state index contributed by atoms with van der Waals surface area (Å²) >= 11 is 2.07. The number of thioether (sulfide) groups is 1. The second-order valence-electron chi connectivity index (χ2n) is 5.31. The average Bonchev–Trinajstić information content (AvgIpc) is 2.78. The molecule has 1 aliphatic rings. The Hall–Kier alpha value is -0.200. The van der Waals surface area contributed by atoms with E-state index in [0.29, 0.717) is 5.92 Å². The smallest absolute Gasteiger partial charge is 0.109 e. The SMILES string of the molecule is CCCCCSCCC1CCCC1(C#N)NCC. The van der Waals surface area contributed by atoms with Crippen molar-refractivity contribution in [2.45, 2.75) is 64.3 Å². The molecule has 3 heteroatoms. The van der Waals surface area contributed by atoms with Crippen LogP contribution in [0.5, 0.6) is 0 Å². The molecule has 0 heterocycles. The molecular weight excluding hydrogens is 240 g/mol. The van der Waals surface area contributed by atoms with Crippen molar-refractivity contribution >= 4 is 11.8 Å². The molecular formula is C15H28N2S. The van der Waals surface area contributed by atoms with E-state index in [1.165, 1.54) is 50.0 Å². The summed E-state index contributed by atoms with van der Waals surface area (Å²) in [5, 5.41) is 12.9. The Morgan fingerprint density at radius 2 is 2.17 bits per heavy atom. The van der Waals surface area contributed by atoms with Gasteiger partial charge in [0.05, 0.1) is 6.07 Å². The molecule has 1 saturated carbocycles. The van der Waals surface area contributed by atoms with E-state index in [4.69, 9.17) is 0 Å². The summed E-state index contributed by atoms with van der Waals surface area (Å²) in [6, 6.07) is 2.57. The number of hydrogen-bond acceptors (Lipinski definition) is 3. The Morgan fingerprint density at radius 1 is 1.33 bits per heavy atom. The lowest BCUT2D eigenvalue weighted by Gasteiger charge is -2.29. The second-order valence-corrected chi connectivity index (χ2v) is 6.54. The third-order valence-electron chi connectivity index (χ3n) is 4.02. The van der Waals surface area contributed by atoms with Crippen molar-refractivity contribution in [3.05, 3.63) is 0 Å². The number of hydrogen-bond donors (Lipinski definition) is 1. The lowest BCUT2D eigenvalue weighted by Crippen LogP contribution is -2.47. The van der Waals surface area contributed by atoms with Gasteiger partial charge < -0.3 is 0 Å². The van der Waals surface area contributed by atoms with Crippen LogP contribution >= 0.6 is 11.8 Å². The van der Waals surface area contributed by atoms with Gasteiger partial charge in [-0.15, -0.1) is 0 Å². The van der Waals surface area contributed by atoms with Crippen LogP contribution < -0.4 is 5.32 Å². The van der Waals surface area contributed by atoms with Gasteiger partial charge in [0.15, 0.2) is 0 Å². The third-order valence-corrected chi connectivity index (χ3v) is 5.12. The molecule has 1 aliphatic carbocycles. The molecule has 2 nitrogen and oxygen atoms in total. The molecule has 0 aromatic rings. The summed E-state index contributed by atoms with van der Waals surface area (Å²) < 4.78 is 0. The van der Waals surface area contributed by atoms with Crippen molar-refractivity contribution in [2.75, 3.05) is 18.1 Å². The molecule has 0 bridgehead atoms. The molecule has 104 valence electrons. The summed E-state index contributed by atoms with van der Waals surface area (Å²) in [6.07, 6.45) is 8.71. The zero-order valence-electron chi connectivity index (χ0n) is 12.0. The predicted molar refractivity (Wildman–Crippen MR) is 80.8 cm³/mol. The molecule has 1 fully saturated rings. The monoisotopic (exact) mass is 268 g/mol.